The molecule has 6 nitrogen and oxygen atoms in total. The van der Waals surface area contributed by atoms with Crippen LogP contribution in [0.3, 0.4) is 0 Å². The van der Waals surface area contributed by atoms with Crippen LogP contribution in [0.1, 0.15) is 74.1 Å². The zero-order chi connectivity index (χ0) is 22.9. The number of unbranched alkanes of at least 4 members (excludes halogenated alkanes) is 5. The molecule has 0 amide bonds. The molecular weight excluding hydrogens is 402 g/mol. The maximum atomic E-state index is 12.9. The fraction of sp³-hybridized carbons (Fsp3) is 0.423. The fourth-order valence-electron chi connectivity index (χ4n) is 3.99. The molecule has 3 rings (SSSR count). The third kappa shape index (κ3) is 5.75. The van der Waals surface area contributed by atoms with E-state index in [9.17, 15) is 14.7 Å². The average molecular weight is 436 g/mol. The van der Waals surface area contributed by atoms with Crippen molar-refractivity contribution in [1.29, 1.82) is 0 Å². The van der Waals surface area contributed by atoms with Crippen LogP contribution < -0.4 is 5.69 Å². The lowest BCUT2D eigenvalue weighted by atomic mass is 9.99. The number of hydrogen-bond donors (Lipinski definition) is 1. The van der Waals surface area contributed by atoms with Crippen molar-refractivity contribution in [2.45, 2.75) is 71.9 Å². The Bertz CT molecular complexity index is 1080. The molecule has 0 saturated heterocycles. The lowest BCUT2D eigenvalue weighted by Crippen LogP contribution is -2.26. The first-order valence-corrected chi connectivity index (χ1v) is 11.6. The van der Waals surface area contributed by atoms with E-state index in [2.05, 4.69) is 12.0 Å². The molecule has 1 N–H and O–H groups in total. The van der Waals surface area contributed by atoms with Crippen molar-refractivity contribution in [3.05, 3.63) is 76.0 Å². The monoisotopic (exact) mass is 435 g/mol. The molecule has 0 aliphatic carbocycles. The Morgan fingerprint density at radius 1 is 0.938 bits per heavy atom. The Hall–Kier alpha value is -3.15. The van der Waals surface area contributed by atoms with Crippen LogP contribution in [0.15, 0.2) is 53.3 Å². The van der Waals surface area contributed by atoms with E-state index in [-0.39, 0.29) is 11.3 Å². The summed E-state index contributed by atoms with van der Waals surface area (Å²) in [4.78, 5) is 24.4. The molecule has 170 valence electrons. The first kappa shape index (κ1) is 23.5. The second kappa shape index (κ2) is 11.5. The van der Waals surface area contributed by atoms with E-state index in [0.29, 0.717) is 25.1 Å². The van der Waals surface area contributed by atoms with Gasteiger partial charge in [-0.15, -0.1) is 0 Å². The molecular formula is C26H33N3O3. The lowest BCUT2D eigenvalue weighted by Gasteiger charge is -2.08. The lowest BCUT2D eigenvalue weighted by molar-refractivity contribution is 0.0697. The maximum Gasteiger partial charge on any atom is 0.346 e. The van der Waals surface area contributed by atoms with Gasteiger partial charge in [-0.2, -0.15) is 5.10 Å². The first-order chi connectivity index (χ1) is 15.5. The molecule has 0 unspecified atom stereocenters. The van der Waals surface area contributed by atoms with Crippen molar-refractivity contribution in [1.82, 2.24) is 14.3 Å². The summed E-state index contributed by atoms with van der Waals surface area (Å²) in [7, 11) is 0. The highest BCUT2D eigenvalue weighted by atomic mass is 16.4. The quantitative estimate of drug-likeness (QED) is 0.387. The summed E-state index contributed by atoms with van der Waals surface area (Å²) in [5.41, 5.74) is 2.73. The van der Waals surface area contributed by atoms with Gasteiger partial charge in [0.15, 0.2) is 0 Å². The number of nitrogens with zero attached hydrogens (tertiary/aromatic N) is 3. The number of aryl methyl sites for hydroxylation is 2. The van der Waals surface area contributed by atoms with Crippen LogP contribution in [-0.4, -0.2) is 25.4 Å². The third-order valence-electron chi connectivity index (χ3n) is 5.80. The summed E-state index contributed by atoms with van der Waals surface area (Å²) in [6, 6.07) is 14.7. The summed E-state index contributed by atoms with van der Waals surface area (Å²) >= 11 is 0. The molecule has 3 aromatic rings. The number of carbonyl (C=O) groups is 1. The second-order valence-corrected chi connectivity index (χ2v) is 8.18. The number of carboxylic acid groups (broad SMARTS) is 1. The van der Waals surface area contributed by atoms with Crippen molar-refractivity contribution in [2.24, 2.45) is 0 Å². The van der Waals surface area contributed by atoms with E-state index in [1.54, 1.807) is 21.4 Å². The predicted molar refractivity (Wildman–Crippen MR) is 127 cm³/mol. The molecule has 32 heavy (non-hydrogen) atoms. The van der Waals surface area contributed by atoms with Gasteiger partial charge in [-0.1, -0.05) is 88.4 Å². The van der Waals surface area contributed by atoms with Crippen molar-refractivity contribution in [3.8, 4) is 11.1 Å². The minimum atomic E-state index is -0.943. The SMILES string of the molecule is CCCCCCCCn1nc(CC)n(Cc2ccc(-c3ccccc3C(=O)O)cc2)c1=O. The Morgan fingerprint density at radius 2 is 1.62 bits per heavy atom. The summed E-state index contributed by atoms with van der Waals surface area (Å²) < 4.78 is 3.35. The molecule has 0 radical (unpaired) electrons. The molecule has 0 atom stereocenters. The zero-order valence-corrected chi connectivity index (χ0v) is 19.1. The summed E-state index contributed by atoms with van der Waals surface area (Å²) in [6.45, 7) is 5.34. The first-order valence-electron chi connectivity index (χ1n) is 11.6. The fourth-order valence-corrected chi connectivity index (χ4v) is 3.99. The highest BCUT2D eigenvalue weighted by Gasteiger charge is 2.14. The normalized spacial score (nSPS) is 11.1. The average Bonchev–Trinajstić information content (AvgIpc) is 3.11. The Morgan fingerprint density at radius 3 is 2.31 bits per heavy atom. The molecule has 0 saturated carbocycles. The van der Waals surface area contributed by atoms with Gasteiger partial charge in [0.1, 0.15) is 5.82 Å². The number of benzene rings is 2. The summed E-state index contributed by atoms with van der Waals surface area (Å²) in [5, 5.41) is 14.0. The van der Waals surface area contributed by atoms with Gasteiger partial charge in [0.05, 0.1) is 12.1 Å². The van der Waals surface area contributed by atoms with Crippen molar-refractivity contribution < 1.29 is 9.90 Å². The van der Waals surface area contributed by atoms with Crippen molar-refractivity contribution >= 4 is 5.97 Å². The van der Waals surface area contributed by atoms with E-state index < -0.39 is 5.97 Å². The Labute approximate surface area is 189 Å². The van der Waals surface area contributed by atoms with Crippen LogP contribution >= 0.6 is 0 Å². The predicted octanol–water partition coefficient (Wildman–Crippen LogP) is 5.38. The smallest absolute Gasteiger partial charge is 0.346 e. The topological polar surface area (TPSA) is 77.1 Å². The molecule has 0 aliphatic heterocycles. The molecule has 0 fully saturated rings. The minimum absolute atomic E-state index is 0.0595. The van der Waals surface area contributed by atoms with Gasteiger partial charge < -0.3 is 5.11 Å². The Balaban J connectivity index is 1.71. The van der Waals surface area contributed by atoms with E-state index in [1.807, 2.05) is 43.3 Å². The third-order valence-corrected chi connectivity index (χ3v) is 5.80. The Kier molecular flexibility index (Phi) is 8.42. The van der Waals surface area contributed by atoms with Crippen molar-refractivity contribution in [2.75, 3.05) is 0 Å². The van der Waals surface area contributed by atoms with E-state index >= 15 is 0 Å². The number of rotatable bonds is 12. The summed E-state index contributed by atoms with van der Waals surface area (Å²) in [5.74, 6) is -0.150. The van der Waals surface area contributed by atoms with Gasteiger partial charge in [0.25, 0.3) is 0 Å². The number of aromatic nitrogens is 3. The molecule has 6 heteroatoms. The maximum absolute atomic E-state index is 12.9. The molecule has 0 bridgehead atoms. The highest BCUT2D eigenvalue weighted by Crippen LogP contribution is 2.24. The molecule has 2 aromatic carbocycles. The largest absolute Gasteiger partial charge is 0.478 e. The highest BCUT2D eigenvalue weighted by molar-refractivity contribution is 5.95. The van der Waals surface area contributed by atoms with Gasteiger partial charge in [0.2, 0.25) is 0 Å². The van der Waals surface area contributed by atoms with E-state index in [0.717, 1.165) is 29.8 Å². The zero-order valence-electron chi connectivity index (χ0n) is 19.1. The van der Waals surface area contributed by atoms with Crippen LogP contribution in [0.25, 0.3) is 11.1 Å². The molecule has 0 aliphatic rings. The van der Waals surface area contributed by atoms with Gasteiger partial charge in [-0.25, -0.2) is 14.3 Å². The van der Waals surface area contributed by atoms with Crippen LogP contribution in [0, 0.1) is 0 Å². The van der Waals surface area contributed by atoms with Gasteiger partial charge in [-0.05, 0) is 29.2 Å². The minimum Gasteiger partial charge on any atom is -0.478 e. The van der Waals surface area contributed by atoms with Gasteiger partial charge in [0, 0.05) is 13.0 Å². The van der Waals surface area contributed by atoms with Crippen LogP contribution in [-0.2, 0) is 19.5 Å². The van der Waals surface area contributed by atoms with Gasteiger partial charge in [-0.3, -0.25) is 4.57 Å². The molecule has 0 spiro atoms. The number of aromatic carboxylic acids is 1. The van der Waals surface area contributed by atoms with E-state index in [4.69, 9.17) is 0 Å². The summed E-state index contributed by atoms with van der Waals surface area (Å²) in [6.07, 6.45) is 7.77. The molecule has 1 aromatic heterocycles. The van der Waals surface area contributed by atoms with Crippen LogP contribution in [0.4, 0.5) is 0 Å². The molecule has 1 heterocycles. The van der Waals surface area contributed by atoms with Crippen molar-refractivity contribution in [3.63, 3.8) is 0 Å². The second-order valence-electron chi connectivity index (χ2n) is 8.18. The number of carboxylic acids is 1. The van der Waals surface area contributed by atoms with E-state index in [1.165, 1.54) is 25.7 Å². The van der Waals surface area contributed by atoms with Gasteiger partial charge >= 0.3 is 11.7 Å². The van der Waals surface area contributed by atoms with Crippen LogP contribution in [0.5, 0.6) is 0 Å². The van der Waals surface area contributed by atoms with Crippen LogP contribution in [0.2, 0.25) is 0 Å². The standard InChI is InChI=1S/C26H33N3O3/c1-3-5-6-7-8-11-18-29-26(32)28(24(4-2)27-29)19-20-14-16-21(17-15-20)22-12-9-10-13-23(22)25(30)31/h9-10,12-17H,3-8,11,18-19H2,1-2H3,(H,30,31). The number of hydrogen-bond acceptors (Lipinski definition) is 3.